The minimum Gasteiger partial charge on any atom is -0.347 e. The Morgan fingerprint density at radius 1 is 1.16 bits per heavy atom. The van der Waals surface area contributed by atoms with E-state index in [2.05, 4.69) is 39.1 Å². The van der Waals surface area contributed by atoms with Gasteiger partial charge in [0.1, 0.15) is 18.1 Å². The lowest BCUT2D eigenvalue weighted by Gasteiger charge is -2.18. The van der Waals surface area contributed by atoms with Crippen LogP contribution in [0.4, 0.5) is 29.7 Å². The lowest BCUT2D eigenvalue weighted by Crippen LogP contribution is -2.42. The van der Waals surface area contributed by atoms with Crippen LogP contribution in [0.5, 0.6) is 0 Å². The molecule has 0 bridgehead atoms. The van der Waals surface area contributed by atoms with Crippen molar-refractivity contribution in [1.29, 1.82) is 0 Å². The molecule has 1 atom stereocenters. The van der Waals surface area contributed by atoms with Crippen LogP contribution in [0.2, 0.25) is 0 Å². The lowest BCUT2D eigenvalue weighted by atomic mass is 10.0. The van der Waals surface area contributed by atoms with Crippen LogP contribution in [0.3, 0.4) is 0 Å². The number of carbonyl (C=O) groups excluding carboxylic acids is 1. The van der Waals surface area contributed by atoms with Crippen LogP contribution in [0.15, 0.2) is 42.9 Å². The number of hydrogen-bond acceptors (Lipinski definition) is 8. The number of halogens is 3. The number of nitrogens with zero attached hydrogens (tertiary/aromatic N) is 5. The molecule has 198 valence electrons. The molecule has 0 saturated carbocycles. The number of nitrogens with one attached hydrogen (secondary N) is 2. The van der Waals surface area contributed by atoms with Crippen LogP contribution < -0.4 is 15.5 Å². The van der Waals surface area contributed by atoms with Gasteiger partial charge in [-0.25, -0.2) is 9.78 Å². The number of aryl methyl sites for hydroxylation is 1. The maximum Gasteiger partial charge on any atom is 0.433 e. The summed E-state index contributed by atoms with van der Waals surface area (Å²) < 4.78 is 39.0. The van der Waals surface area contributed by atoms with Crippen molar-refractivity contribution in [2.24, 2.45) is 0 Å². The predicted octanol–water partition coefficient (Wildman–Crippen LogP) is 4.02. The fourth-order valence-corrected chi connectivity index (χ4v) is 3.46. The number of aromatic nitrogens is 4. The van der Waals surface area contributed by atoms with Gasteiger partial charge in [-0.2, -0.15) is 18.2 Å². The molecule has 0 spiro atoms. The van der Waals surface area contributed by atoms with E-state index < -0.39 is 36.4 Å². The molecule has 4 rings (SSSR count). The monoisotopic (exact) mass is 519 g/mol. The molecule has 13 heteroatoms. The van der Waals surface area contributed by atoms with Crippen molar-refractivity contribution in [1.82, 2.24) is 25.3 Å². The van der Waals surface area contributed by atoms with E-state index in [4.69, 9.17) is 0 Å². The van der Waals surface area contributed by atoms with Gasteiger partial charge in [0.25, 0.3) is 5.91 Å². The number of carbonyl (C=O) groups is 1. The molecule has 3 aromatic rings. The molecule has 1 aliphatic rings. The molecule has 4 N–H and O–H groups in total. The summed E-state index contributed by atoms with van der Waals surface area (Å²) in [5.74, 6) is -2.04. The summed E-state index contributed by atoms with van der Waals surface area (Å²) in [5.41, 5.74) is 1.21. The third kappa shape index (κ3) is 6.89. The first-order chi connectivity index (χ1) is 17.3. The Kier molecular flexibility index (Phi) is 8.28. The fourth-order valence-electron chi connectivity index (χ4n) is 3.46. The summed E-state index contributed by atoms with van der Waals surface area (Å²) in [7, 11) is 0. The zero-order valence-corrected chi connectivity index (χ0v) is 20.7. The minimum atomic E-state index is -4.55. The second kappa shape index (κ2) is 11.0. The first kappa shape index (κ1) is 27.7. The van der Waals surface area contributed by atoms with Gasteiger partial charge in [-0.1, -0.05) is 20.3 Å². The molecular formula is C24H28F3N7O3. The average Bonchev–Trinajstić information content (AvgIpc) is 3.11. The Balaban J connectivity index is 0.00000121. The standard InChI is InChI=1S/C21H20F3N7O3.C3H8/c1-11-7-15(27-9-14(11)13-3-5-25-16(8-13)21(22,23)24)12(2)28-18-26-6-4-17(29-18)31-10-20(33,34)30-19(31)32;1-3-2/h3-9,12,33-34H,10H2,1-2H3,(H,30,32)(H,26,28,29);3H2,1-2H3. The zero-order chi connectivity index (χ0) is 27.4. The van der Waals surface area contributed by atoms with E-state index in [0.717, 1.165) is 17.2 Å². The fraction of sp³-hybridized carbons (Fsp3) is 0.375. The first-order valence-electron chi connectivity index (χ1n) is 11.5. The number of anilines is 2. The first-order valence-corrected chi connectivity index (χ1v) is 11.5. The Morgan fingerprint density at radius 2 is 1.84 bits per heavy atom. The molecule has 3 aromatic heterocycles. The lowest BCUT2D eigenvalue weighted by molar-refractivity contribution is -0.155. The van der Waals surface area contributed by atoms with Gasteiger partial charge in [0.05, 0.1) is 11.7 Å². The summed E-state index contributed by atoms with van der Waals surface area (Å²) in [6.07, 6.45) is 0.712. The second-order valence-electron chi connectivity index (χ2n) is 8.50. The Morgan fingerprint density at radius 3 is 2.43 bits per heavy atom. The molecule has 1 fully saturated rings. The van der Waals surface area contributed by atoms with E-state index in [1.165, 1.54) is 30.9 Å². The molecule has 4 heterocycles. The van der Waals surface area contributed by atoms with E-state index in [-0.39, 0.29) is 11.8 Å². The highest BCUT2D eigenvalue weighted by Gasteiger charge is 2.40. The molecule has 1 aliphatic heterocycles. The van der Waals surface area contributed by atoms with Gasteiger partial charge in [0, 0.05) is 24.2 Å². The number of β-amino-alcohol motifs (C(OH)–C–C–N with tert-alkyl or cyclic N) is 2. The third-order valence-electron chi connectivity index (χ3n) is 5.13. The van der Waals surface area contributed by atoms with E-state index in [1.807, 2.05) is 5.32 Å². The molecule has 0 aromatic carbocycles. The Labute approximate surface area is 211 Å². The van der Waals surface area contributed by atoms with Crippen LogP contribution in [-0.2, 0) is 6.18 Å². The van der Waals surface area contributed by atoms with Crippen LogP contribution >= 0.6 is 0 Å². The van der Waals surface area contributed by atoms with E-state index in [0.29, 0.717) is 22.4 Å². The van der Waals surface area contributed by atoms with Crippen molar-refractivity contribution in [2.45, 2.75) is 52.2 Å². The Hall–Kier alpha value is -3.84. The number of aliphatic hydroxyl groups is 2. The van der Waals surface area contributed by atoms with Crippen molar-refractivity contribution >= 4 is 17.8 Å². The van der Waals surface area contributed by atoms with Gasteiger partial charge >= 0.3 is 12.2 Å². The van der Waals surface area contributed by atoms with Crippen molar-refractivity contribution in [3.63, 3.8) is 0 Å². The number of pyridine rings is 2. The molecule has 10 nitrogen and oxygen atoms in total. The van der Waals surface area contributed by atoms with Crippen LogP contribution in [-0.4, -0.2) is 48.6 Å². The molecular weight excluding hydrogens is 491 g/mol. The number of rotatable bonds is 5. The van der Waals surface area contributed by atoms with Crippen LogP contribution in [0, 0.1) is 6.92 Å². The van der Waals surface area contributed by atoms with Gasteiger partial charge in [-0.15, -0.1) is 0 Å². The topological polar surface area (TPSA) is 136 Å². The van der Waals surface area contributed by atoms with Crippen molar-refractivity contribution in [3.8, 4) is 11.1 Å². The molecule has 1 unspecified atom stereocenters. The van der Waals surface area contributed by atoms with Crippen LogP contribution in [0.1, 0.15) is 50.2 Å². The SMILES string of the molecule is CCC.Cc1cc(C(C)Nc2nccc(N3CC(O)(O)NC3=O)n2)ncc1-c1ccnc(C(F)(F)F)c1. The van der Waals surface area contributed by atoms with E-state index in [9.17, 15) is 28.2 Å². The number of urea groups is 1. The molecule has 1 saturated heterocycles. The summed E-state index contributed by atoms with van der Waals surface area (Å²) in [6, 6.07) is 4.53. The number of amides is 2. The smallest absolute Gasteiger partial charge is 0.347 e. The highest BCUT2D eigenvalue weighted by Crippen LogP contribution is 2.32. The molecule has 0 radical (unpaired) electrons. The summed E-state index contributed by atoms with van der Waals surface area (Å²) in [5, 5.41) is 24.3. The van der Waals surface area contributed by atoms with E-state index in [1.54, 1.807) is 19.9 Å². The normalized spacial score (nSPS) is 15.5. The largest absolute Gasteiger partial charge is 0.433 e. The zero-order valence-electron chi connectivity index (χ0n) is 20.7. The number of hydrogen-bond donors (Lipinski definition) is 4. The average molecular weight is 520 g/mol. The van der Waals surface area contributed by atoms with Crippen molar-refractivity contribution in [3.05, 3.63) is 59.8 Å². The highest BCUT2D eigenvalue weighted by atomic mass is 19.4. The third-order valence-corrected chi connectivity index (χ3v) is 5.13. The summed E-state index contributed by atoms with van der Waals surface area (Å²) >= 11 is 0. The van der Waals surface area contributed by atoms with Crippen molar-refractivity contribution in [2.75, 3.05) is 16.8 Å². The molecule has 2 amide bonds. The van der Waals surface area contributed by atoms with Gasteiger partial charge in [0.2, 0.25) is 5.95 Å². The van der Waals surface area contributed by atoms with Gasteiger partial charge < -0.3 is 15.5 Å². The van der Waals surface area contributed by atoms with Gasteiger partial charge in [-0.05, 0) is 49.2 Å². The predicted molar refractivity (Wildman–Crippen MR) is 130 cm³/mol. The highest BCUT2D eigenvalue weighted by molar-refractivity contribution is 5.93. The summed E-state index contributed by atoms with van der Waals surface area (Å²) in [6.45, 7) is 7.39. The number of alkyl halides is 3. The minimum absolute atomic E-state index is 0.157. The maximum absolute atomic E-state index is 13.0. The maximum atomic E-state index is 13.0. The van der Waals surface area contributed by atoms with Gasteiger partial charge in [-0.3, -0.25) is 20.2 Å². The summed E-state index contributed by atoms with van der Waals surface area (Å²) in [4.78, 5) is 29.1. The quantitative estimate of drug-likeness (QED) is 0.371. The van der Waals surface area contributed by atoms with Crippen LogP contribution in [0.25, 0.3) is 11.1 Å². The second-order valence-corrected chi connectivity index (χ2v) is 8.50. The van der Waals surface area contributed by atoms with Crippen molar-refractivity contribution < 1.29 is 28.2 Å². The Bertz CT molecular complexity index is 1250. The molecule has 0 aliphatic carbocycles. The van der Waals surface area contributed by atoms with E-state index >= 15 is 0 Å². The van der Waals surface area contributed by atoms with Gasteiger partial charge in [0.15, 0.2) is 0 Å². The molecule has 37 heavy (non-hydrogen) atoms.